The standard InChI is InChI=1S/C10H15Br/c1-3-4-9-7-8(2)5-6-10(9)11/h3,6,8-9H,1,4-5,7H2,2H3/t8-,9+/m0/s1. The molecule has 0 bridgehead atoms. The molecule has 62 valence electrons. The Morgan fingerprint density at radius 3 is 3.18 bits per heavy atom. The van der Waals surface area contributed by atoms with Crippen molar-refractivity contribution < 1.29 is 0 Å². The van der Waals surface area contributed by atoms with Crippen molar-refractivity contribution >= 4 is 15.9 Å². The Morgan fingerprint density at radius 2 is 2.55 bits per heavy atom. The number of hydrogen-bond acceptors (Lipinski definition) is 0. The maximum atomic E-state index is 3.77. The molecule has 0 aliphatic heterocycles. The molecule has 0 saturated carbocycles. The zero-order chi connectivity index (χ0) is 8.27. The van der Waals surface area contributed by atoms with E-state index in [4.69, 9.17) is 0 Å². The molecule has 0 aromatic carbocycles. The van der Waals surface area contributed by atoms with Crippen LogP contribution in [0.25, 0.3) is 0 Å². The first-order valence-electron chi connectivity index (χ1n) is 4.20. The molecule has 0 amide bonds. The van der Waals surface area contributed by atoms with Crippen LogP contribution >= 0.6 is 15.9 Å². The van der Waals surface area contributed by atoms with Crippen molar-refractivity contribution in [2.75, 3.05) is 0 Å². The molecule has 0 N–H and O–H groups in total. The molecular weight excluding hydrogens is 200 g/mol. The predicted octanol–water partition coefficient (Wildman–Crippen LogP) is 3.89. The van der Waals surface area contributed by atoms with Gasteiger partial charge in [0.15, 0.2) is 0 Å². The molecule has 1 rings (SSSR count). The van der Waals surface area contributed by atoms with Gasteiger partial charge in [-0.1, -0.05) is 35.0 Å². The fraction of sp³-hybridized carbons (Fsp3) is 0.600. The van der Waals surface area contributed by atoms with E-state index in [2.05, 4.69) is 35.5 Å². The molecule has 1 aliphatic rings. The second-order valence-electron chi connectivity index (χ2n) is 3.39. The molecule has 0 radical (unpaired) electrons. The maximum absolute atomic E-state index is 3.77. The molecule has 1 heteroatoms. The predicted molar refractivity (Wildman–Crippen MR) is 53.7 cm³/mol. The Bertz CT molecular complexity index is 170. The summed E-state index contributed by atoms with van der Waals surface area (Å²) in [6.07, 6.45) is 7.97. The Morgan fingerprint density at radius 1 is 1.82 bits per heavy atom. The normalized spacial score (nSPS) is 31.3. The minimum Gasteiger partial charge on any atom is -0.103 e. The number of rotatable bonds is 2. The average Bonchev–Trinajstić information content (AvgIpc) is 1.98. The van der Waals surface area contributed by atoms with Crippen molar-refractivity contribution in [1.82, 2.24) is 0 Å². The largest absolute Gasteiger partial charge is 0.103 e. The molecule has 0 aromatic heterocycles. The van der Waals surface area contributed by atoms with Crippen LogP contribution in [-0.2, 0) is 0 Å². The van der Waals surface area contributed by atoms with Crippen LogP contribution in [0.2, 0.25) is 0 Å². The number of halogens is 1. The Hall–Kier alpha value is -0.0400. The maximum Gasteiger partial charge on any atom is -0.00549 e. The second-order valence-corrected chi connectivity index (χ2v) is 4.30. The Balaban J connectivity index is 2.56. The van der Waals surface area contributed by atoms with Crippen molar-refractivity contribution in [2.24, 2.45) is 11.8 Å². The highest BCUT2D eigenvalue weighted by atomic mass is 79.9. The van der Waals surface area contributed by atoms with E-state index < -0.39 is 0 Å². The number of allylic oxidation sites excluding steroid dienone is 3. The third-order valence-electron chi connectivity index (χ3n) is 2.24. The SMILES string of the molecule is C=CC[C@@H]1C[C@@H](C)CC=C1Br. The topological polar surface area (TPSA) is 0 Å². The Labute approximate surface area is 77.5 Å². The van der Waals surface area contributed by atoms with Crippen LogP contribution in [0.3, 0.4) is 0 Å². The molecule has 0 saturated heterocycles. The van der Waals surface area contributed by atoms with Crippen LogP contribution in [-0.4, -0.2) is 0 Å². The molecule has 11 heavy (non-hydrogen) atoms. The van der Waals surface area contributed by atoms with E-state index in [9.17, 15) is 0 Å². The quantitative estimate of drug-likeness (QED) is 0.613. The molecule has 0 nitrogen and oxygen atoms in total. The first kappa shape index (κ1) is 9.05. The van der Waals surface area contributed by atoms with Gasteiger partial charge in [-0.15, -0.1) is 6.58 Å². The van der Waals surface area contributed by atoms with Gasteiger partial charge in [-0.3, -0.25) is 0 Å². The highest BCUT2D eigenvalue weighted by Gasteiger charge is 2.18. The van der Waals surface area contributed by atoms with Crippen LogP contribution in [0.1, 0.15) is 26.2 Å². The average molecular weight is 215 g/mol. The molecule has 0 heterocycles. The lowest BCUT2D eigenvalue weighted by molar-refractivity contribution is 0.425. The molecule has 0 spiro atoms. The van der Waals surface area contributed by atoms with Crippen molar-refractivity contribution in [1.29, 1.82) is 0 Å². The van der Waals surface area contributed by atoms with Crippen LogP contribution in [0.4, 0.5) is 0 Å². The summed E-state index contributed by atoms with van der Waals surface area (Å²) < 4.78 is 1.38. The van der Waals surface area contributed by atoms with Crippen LogP contribution in [0.5, 0.6) is 0 Å². The lowest BCUT2D eigenvalue weighted by Crippen LogP contribution is -2.10. The summed E-state index contributed by atoms with van der Waals surface area (Å²) >= 11 is 3.60. The van der Waals surface area contributed by atoms with Gasteiger partial charge in [-0.25, -0.2) is 0 Å². The first-order chi connectivity index (χ1) is 5.24. The molecule has 2 atom stereocenters. The Kier molecular flexibility index (Phi) is 3.38. The van der Waals surface area contributed by atoms with Gasteiger partial charge in [0.1, 0.15) is 0 Å². The van der Waals surface area contributed by atoms with Gasteiger partial charge in [-0.2, -0.15) is 0 Å². The first-order valence-corrected chi connectivity index (χ1v) is 4.99. The minimum atomic E-state index is 0.705. The summed E-state index contributed by atoms with van der Waals surface area (Å²) in [5.41, 5.74) is 0. The van der Waals surface area contributed by atoms with E-state index in [-0.39, 0.29) is 0 Å². The van der Waals surface area contributed by atoms with Gasteiger partial charge in [0, 0.05) is 0 Å². The summed E-state index contributed by atoms with van der Waals surface area (Å²) in [5, 5.41) is 0. The van der Waals surface area contributed by atoms with E-state index in [1.165, 1.54) is 17.3 Å². The third kappa shape index (κ3) is 2.48. The van der Waals surface area contributed by atoms with E-state index in [0.29, 0.717) is 5.92 Å². The van der Waals surface area contributed by atoms with Crippen molar-refractivity contribution in [3.63, 3.8) is 0 Å². The second kappa shape index (κ2) is 4.10. The van der Waals surface area contributed by atoms with Gasteiger partial charge in [0.25, 0.3) is 0 Å². The van der Waals surface area contributed by atoms with E-state index in [0.717, 1.165) is 12.3 Å². The zero-order valence-corrected chi connectivity index (χ0v) is 8.60. The third-order valence-corrected chi connectivity index (χ3v) is 3.21. The van der Waals surface area contributed by atoms with Gasteiger partial charge >= 0.3 is 0 Å². The molecule has 1 aliphatic carbocycles. The highest BCUT2D eigenvalue weighted by molar-refractivity contribution is 9.11. The van der Waals surface area contributed by atoms with Gasteiger partial charge in [0.2, 0.25) is 0 Å². The molecular formula is C10H15Br. The molecule has 0 fully saturated rings. The monoisotopic (exact) mass is 214 g/mol. The minimum absolute atomic E-state index is 0.705. The summed E-state index contributed by atoms with van der Waals surface area (Å²) in [7, 11) is 0. The summed E-state index contributed by atoms with van der Waals surface area (Å²) in [6.45, 7) is 6.08. The lowest BCUT2D eigenvalue weighted by atomic mass is 9.86. The van der Waals surface area contributed by atoms with E-state index in [1.807, 2.05) is 6.08 Å². The van der Waals surface area contributed by atoms with Crippen LogP contribution in [0, 0.1) is 11.8 Å². The van der Waals surface area contributed by atoms with Gasteiger partial charge in [-0.05, 0) is 35.6 Å². The van der Waals surface area contributed by atoms with Crippen molar-refractivity contribution in [2.45, 2.75) is 26.2 Å². The van der Waals surface area contributed by atoms with Gasteiger partial charge in [0.05, 0.1) is 0 Å². The lowest BCUT2D eigenvalue weighted by Gasteiger charge is -2.23. The van der Waals surface area contributed by atoms with Gasteiger partial charge < -0.3 is 0 Å². The van der Waals surface area contributed by atoms with Crippen LogP contribution in [0.15, 0.2) is 23.2 Å². The fourth-order valence-corrected chi connectivity index (χ4v) is 2.15. The summed E-state index contributed by atoms with van der Waals surface area (Å²) in [5.74, 6) is 1.55. The fourth-order valence-electron chi connectivity index (χ4n) is 1.58. The highest BCUT2D eigenvalue weighted by Crippen LogP contribution is 2.34. The smallest absolute Gasteiger partial charge is 0.00549 e. The van der Waals surface area contributed by atoms with Crippen molar-refractivity contribution in [3.8, 4) is 0 Å². The molecule has 0 aromatic rings. The zero-order valence-electron chi connectivity index (χ0n) is 7.02. The molecule has 0 unspecified atom stereocenters. The van der Waals surface area contributed by atoms with Crippen LogP contribution < -0.4 is 0 Å². The van der Waals surface area contributed by atoms with Crippen molar-refractivity contribution in [3.05, 3.63) is 23.2 Å². The number of hydrogen-bond donors (Lipinski definition) is 0. The van der Waals surface area contributed by atoms with E-state index >= 15 is 0 Å². The summed E-state index contributed by atoms with van der Waals surface area (Å²) in [4.78, 5) is 0. The summed E-state index contributed by atoms with van der Waals surface area (Å²) in [6, 6.07) is 0. The van der Waals surface area contributed by atoms with E-state index in [1.54, 1.807) is 0 Å².